The summed E-state index contributed by atoms with van der Waals surface area (Å²) in [5, 5.41) is 14.3. The number of aromatic nitrogens is 2. The van der Waals surface area contributed by atoms with Gasteiger partial charge in [-0.2, -0.15) is 0 Å². The van der Waals surface area contributed by atoms with Crippen molar-refractivity contribution >= 4 is 22.4 Å². The van der Waals surface area contributed by atoms with Gasteiger partial charge in [-0.05, 0) is 31.0 Å². The number of anilines is 2. The minimum absolute atomic E-state index is 0.194. The monoisotopic (exact) mass is 272 g/mol. The molecule has 0 spiro atoms. The van der Waals surface area contributed by atoms with Gasteiger partial charge in [-0.25, -0.2) is 9.97 Å². The Kier molecular flexibility index (Phi) is 3.69. The number of aliphatic hydroxyl groups is 1. The Morgan fingerprint density at radius 2 is 2.10 bits per heavy atom. The van der Waals surface area contributed by atoms with Crippen molar-refractivity contribution in [3.05, 3.63) is 24.5 Å². The molecule has 4 N–H and O–H groups in total. The summed E-state index contributed by atoms with van der Waals surface area (Å²) in [6, 6.07) is 5.63. The molecule has 106 valence electrons. The van der Waals surface area contributed by atoms with Gasteiger partial charge in [0.2, 0.25) is 0 Å². The lowest BCUT2D eigenvalue weighted by Crippen LogP contribution is -2.30. The van der Waals surface area contributed by atoms with Gasteiger partial charge in [0.05, 0.1) is 11.6 Å². The number of nitrogen functional groups attached to an aromatic ring is 1. The Bertz CT molecular complexity index is 601. The van der Waals surface area contributed by atoms with E-state index in [0.29, 0.717) is 11.6 Å². The van der Waals surface area contributed by atoms with E-state index in [4.69, 9.17) is 5.73 Å². The van der Waals surface area contributed by atoms with Crippen molar-refractivity contribution in [2.24, 2.45) is 5.92 Å². The average Bonchev–Trinajstić information content (AvgIpc) is 2.46. The minimum atomic E-state index is -0.194. The van der Waals surface area contributed by atoms with Gasteiger partial charge in [0, 0.05) is 23.5 Å². The summed E-state index contributed by atoms with van der Waals surface area (Å²) in [5.74, 6) is 1.12. The number of nitrogens with zero attached hydrogens (tertiary/aromatic N) is 2. The molecule has 0 bridgehead atoms. The number of nitrogens with two attached hydrogens (primary N) is 1. The largest absolute Gasteiger partial charge is 0.399 e. The Labute approximate surface area is 118 Å². The van der Waals surface area contributed by atoms with Gasteiger partial charge >= 0.3 is 0 Å². The number of fused-ring (bicyclic) bond motifs is 1. The van der Waals surface area contributed by atoms with Crippen LogP contribution in [0.1, 0.15) is 25.7 Å². The molecule has 5 nitrogen and oxygen atoms in total. The van der Waals surface area contributed by atoms with Crippen LogP contribution in [0.15, 0.2) is 24.5 Å². The van der Waals surface area contributed by atoms with E-state index < -0.39 is 0 Å². The van der Waals surface area contributed by atoms with E-state index in [-0.39, 0.29) is 6.10 Å². The molecule has 5 heteroatoms. The summed E-state index contributed by atoms with van der Waals surface area (Å²) < 4.78 is 0. The summed E-state index contributed by atoms with van der Waals surface area (Å²) in [5.41, 5.74) is 7.31. The van der Waals surface area contributed by atoms with E-state index in [1.165, 1.54) is 6.42 Å². The molecule has 1 aromatic carbocycles. The van der Waals surface area contributed by atoms with Crippen molar-refractivity contribution < 1.29 is 5.11 Å². The second-order valence-electron chi connectivity index (χ2n) is 5.49. The molecule has 1 aliphatic rings. The van der Waals surface area contributed by atoms with Crippen LogP contribution in [0.2, 0.25) is 0 Å². The molecule has 0 saturated heterocycles. The molecule has 0 amide bonds. The van der Waals surface area contributed by atoms with E-state index >= 15 is 0 Å². The summed E-state index contributed by atoms with van der Waals surface area (Å²) in [6.07, 6.45) is 5.66. The smallest absolute Gasteiger partial charge is 0.137 e. The first-order chi connectivity index (χ1) is 9.74. The molecule has 1 saturated carbocycles. The summed E-state index contributed by atoms with van der Waals surface area (Å²) in [4.78, 5) is 8.53. The van der Waals surface area contributed by atoms with Crippen molar-refractivity contribution in [1.29, 1.82) is 0 Å². The predicted molar refractivity (Wildman–Crippen MR) is 80.4 cm³/mol. The van der Waals surface area contributed by atoms with Gasteiger partial charge in [-0.15, -0.1) is 0 Å². The third-order valence-electron chi connectivity index (χ3n) is 4.06. The van der Waals surface area contributed by atoms with E-state index in [2.05, 4.69) is 15.3 Å². The highest BCUT2D eigenvalue weighted by Crippen LogP contribution is 2.26. The molecule has 1 fully saturated rings. The summed E-state index contributed by atoms with van der Waals surface area (Å²) in [6.45, 7) is 0.748. The Hall–Kier alpha value is -1.88. The molecule has 1 aromatic heterocycles. The van der Waals surface area contributed by atoms with E-state index in [1.54, 1.807) is 6.33 Å². The van der Waals surface area contributed by atoms with Crippen LogP contribution < -0.4 is 11.1 Å². The minimum Gasteiger partial charge on any atom is -0.399 e. The van der Waals surface area contributed by atoms with Crippen molar-refractivity contribution in [3.63, 3.8) is 0 Å². The Morgan fingerprint density at radius 3 is 2.95 bits per heavy atom. The van der Waals surface area contributed by atoms with Crippen LogP contribution in [0, 0.1) is 5.92 Å². The zero-order valence-electron chi connectivity index (χ0n) is 11.4. The van der Waals surface area contributed by atoms with Gasteiger partial charge in [0.25, 0.3) is 0 Å². The standard InChI is InChI=1S/C15H20N4O/c16-11-5-6-12-13(7-11)18-9-19-15(12)17-8-10-3-1-2-4-14(10)20/h5-7,9-10,14,20H,1-4,8,16H2,(H,17,18,19). The third-order valence-corrected chi connectivity index (χ3v) is 4.06. The fourth-order valence-corrected chi connectivity index (χ4v) is 2.87. The Morgan fingerprint density at radius 1 is 1.25 bits per heavy atom. The van der Waals surface area contributed by atoms with Gasteiger partial charge in [0.1, 0.15) is 12.1 Å². The van der Waals surface area contributed by atoms with Crippen molar-refractivity contribution in [2.75, 3.05) is 17.6 Å². The van der Waals surface area contributed by atoms with Crippen LogP contribution >= 0.6 is 0 Å². The summed E-state index contributed by atoms with van der Waals surface area (Å²) in [7, 11) is 0. The molecule has 1 aliphatic carbocycles. The zero-order chi connectivity index (χ0) is 13.9. The average molecular weight is 272 g/mol. The molecule has 2 atom stereocenters. The van der Waals surface area contributed by atoms with Crippen LogP contribution in [0.5, 0.6) is 0 Å². The first-order valence-corrected chi connectivity index (χ1v) is 7.16. The van der Waals surface area contributed by atoms with Crippen molar-refractivity contribution in [2.45, 2.75) is 31.8 Å². The number of benzene rings is 1. The third kappa shape index (κ3) is 2.67. The number of hydrogen-bond donors (Lipinski definition) is 3. The maximum atomic E-state index is 10.0. The highest BCUT2D eigenvalue weighted by Gasteiger charge is 2.22. The molecule has 20 heavy (non-hydrogen) atoms. The number of aliphatic hydroxyl groups excluding tert-OH is 1. The molecular weight excluding hydrogens is 252 g/mol. The quantitative estimate of drug-likeness (QED) is 0.746. The zero-order valence-corrected chi connectivity index (χ0v) is 11.4. The van der Waals surface area contributed by atoms with Crippen molar-refractivity contribution in [3.8, 4) is 0 Å². The molecule has 3 rings (SSSR count). The fraction of sp³-hybridized carbons (Fsp3) is 0.467. The normalized spacial score (nSPS) is 22.9. The molecule has 1 heterocycles. The van der Waals surface area contributed by atoms with Crippen molar-refractivity contribution in [1.82, 2.24) is 9.97 Å². The lowest BCUT2D eigenvalue weighted by Gasteiger charge is -2.27. The highest BCUT2D eigenvalue weighted by molar-refractivity contribution is 5.90. The lowest BCUT2D eigenvalue weighted by atomic mass is 9.86. The lowest BCUT2D eigenvalue weighted by molar-refractivity contribution is 0.0763. The molecule has 0 aliphatic heterocycles. The molecule has 0 radical (unpaired) electrons. The SMILES string of the molecule is Nc1ccc2c(NCC3CCCCC3O)ncnc2c1. The number of hydrogen-bond acceptors (Lipinski definition) is 5. The van der Waals surface area contributed by atoms with Gasteiger partial charge in [-0.1, -0.05) is 12.8 Å². The number of rotatable bonds is 3. The second kappa shape index (κ2) is 5.63. The van der Waals surface area contributed by atoms with Crippen LogP contribution in [-0.2, 0) is 0 Å². The van der Waals surface area contributed by atoms with E-state index in [1.807, 2.05) is 18.2 Å². The summed E-state index contributed by atoms with van der Waals surface area (Å²) >= 11 is 0. The van der Waals surface area contributed by atoms with Gasteiger partial charge < -0.3 is 16.2 Å². The fourth-order valence-electron chi connectivity index (χ4n) is 2.87. The first kappa shape index (κ1) is 13.1. The first-order valence-electron chi connectivity index (χ1n) is 7.16. The number of nitrogens with one attached hydrogen (secondary N) is 1. The van der Waals surface area contributed by atoms with Crippen LogP contribution in [0.25, 0.3) is 10.9 Å². The van der Waals surface area contributed by atoms with E-state index in [9.17, 15) is 5.11 Å². The second-order valence-corrected chi connectivity index (χ2v) is 5.49. The molecule has 2 unspecified atom stereocenters. The highest BCUT2D eigenvalue weighted by atomic mass is 16.3. The van der Waals surface area contributed by atoms with Gasteiger partial charge in [-0.3, -0.25) is 0 Å². The van der Waals surface area contributed by atoms with E-state index in [0.717, 1.165) is 42.5 Å². The maximum Gasteiger partial charge on any atom is 0.137 e. The molecular formula is C15H20N4O. The predicted octanol–water partition coefficient (Wildman–Crippen LogP) is 2.17. The topological polar surface area (TPSA) is 84.1 Å². The molecule has 2 aromatic rings. The van der Waals surface area contributed by atoms with Crippen LogP contribution in [0.4, 0.5) is 11.5 Å². The Balaban J connectivity index is 1.77. The van der Waals surface area contributed by atoms with Gasteiger partial charge in [0.15, 0.2) is 0 Å². The van der Waals surface area contributed by atoms with Crippen LogP contribution in [0.3, 0.4) is 0 Å². The van der Waals surface area contributed by atoms with Crippen LogP contribution in [-0.4, -0.2) is 27.7 Å². The maximum absolute atomic E-state index is 10.0.